The first-order chi connectivity index (χ1) is 9.24. The van der Waals surface area contributed by atoms with Crippen molar-refractivity contribution < 1.29 is 18.0 Å². The van der Waals surface area contributed by atoms with Crippen LogP contribution in [0.2, 0.25) is 0 Å². The number of carbonyl (C=O) groups excluding carboxylic acids is 1. The molecule has 2 rings (SSSR count). The van der Waals surface area contributed by atoms with Crippen LogP contribution in [0, 0.1) is 17.3 Å². The highest BCUT2D eigenvalue weighted by atomic mass is 19.4. The topological polar surface area (TPSA) is 41.1 Å². The average Bonchev–Trinajstić information content (AvgIpc) is 2.76. The van der Waals surface area contributed by atoms with Crippen molar-refractivity contribution in [1.29, 1.82) is 0 Å². The van der Waals surface area contributed by atoms with Crippen molar-refractivity contribution in [2.75, 3.05) is 13.1 Å². The molecule has 0 bridgehead atoms. The third-order valence-corrected chi connectivity index (χ3v) is 4.65. The quantitative estimate of drug-likeness (QED) is 0.821. The molecule has 2 N–H and O–H groups in total. The maximum absolute atomic E-state index is 13.3. The standard InChI is InChI=1S/C14H23F3N2O/c1-9-5-10(2)7-11(6-9)19-12(20)13(14(15,16)17)3-4-18-8-13/h9-11,18H,3-8H2,1-2H3,(H,19,20). The van der Waals surface area contributed by atoms with Gasteiger partial charge >= 0.3 is 6.18 Å². The van der Waals surface area contributed by atoms with Gasteiger partial charge in [-0.05, 0) is 44.1 Å². The lowest BCUT2D eigenvalue weighted by Crippen LogP contribution is -2.55. The molecule has 2 aliphatic rings. The minimum Gasteiger partial charge on any atom is -0.353 e. The van der Waals surface area contributed by atoms with Gasteiger partial charge in [0.2, 0.25) is 5.91 Å². The molecule has 0 spiro atoms. The predicted octanol–water partition coefficient (Wildman–Crippen LogP) is 2.47. The zero-order valence-electron chi connectivity index (χ0n) is 12.0. The molecule has 116 valence electrons. The lowest BCUT2D eigenvalue weighted by molar-refractivity contribution is -0.216. The zero-order chi connectivity index (χ0) is 15.0. The molecular formula is C14H23F3N2O. The van der Waals surface area contributed by atoms with Crippen LogP contribution >= 0.6 is 0 Å². The van der Waals surface area contributed by atoms with Gasteiger partial charge in [0.05, 0.1) is 0 Å². The van der Waals surface area contributed by atoms with Gasteiger partial charge in [0.1, 0.15) is 0 Å². The number of alkyl halides is 3. The van der Waals surface area contributed by atoms with Crippen LogP contribution in [0.15, 0.2) is 0 Å². The second kappa shape index (κ2) is 5.54. The average molecular weight is 292 g/mol. The summed E-state index contributed by atoms with van der Waals surface area (Å²) in [5, 5.41) is 5.34. The van der Waals surface area contributed by atoms with Gasteiger partial charge in [-0.15, -0.1) is 0 Å². The first kappa shape index (κ1) is 15.6. The number of nitrogens with one attached hydrogen (secondary N) is 2. The molecule has 1 amide bonds. The molecule has 0 aromatic heterocycles. The maximum Gasteiger partial charge on any atom is 0.404 e. The fraction of sp³-hybridized carbons (Fsp3) is 0.929. The van der Waals surface area contributed by atoms with Gasteiger partial charge in [-0.3, -0.25) is 4.79 Å². The first-order valence-electron chi connectivity index (χ1n) is 7.33. The van der Waals surface area contributed by atoms with E-state index in [-0.39, 0.29) is 25.6 Å². The smallest absolute Gasteiger partial charge is 0.353 e. The summed E-state index contributed by atoms with van der Waals surface area (Å²) in [5.41, 5.74) is -2.24. The van der Waals surface area contributed by atoms with Crippen LogP contribution < -0.4 is 10.6 Å². The Morgan fingerprint density at radius 2 is 1.80 bits per heavy atom. The Morgan fingerprint density at radius 1 is 1.20 bits per heavy atom. The minimum atomic E-state index is -4.49. The molecule has 0 aromatic carbocycles. The van der Waals surface area contributed by atoms with E-state index in [4.69, 9.17) is 0 Å². The minimum absolute atomic E-state index is 0.124. The van der Waals surface area contributed by atoms with Crippen LogP contribution in [0.25, 0.3) is 0 Å². The summed E-state index contributed by atoms with van der Waals surface area (Å²) >= 11 is 0. The van der Waals surface area contributed by atoms with Crippen molar-refractivity contribution in [3.05, 3.63) is 0 Å². The zero-order valence-corrected chi connectivity index (χ0v) is 12.0. The lowest BCUT2D eigenvalue weighted by atomic mass is 9.79. The van der Waals surface area contributed by atoms with Crippen molar-refractivity contribution in [3.63, 3.8) is 0 Å². The molecule has 1 saturated carbocycles. The Bertz CT molecular complexity index is 354. The Balaban J connectivity index is 2.06. The van der Waals surface area contributed by atoms with E-state index in [1.165, 1.54) is 0 Å². The van der Waals surface area contributed by atoms with E-state index in [1.807, 2.05) is 0 Å². The molecule has 0 aromatic rings. The number of halogens is 3. The number of hydrogen-bond acceptors (Lipinski definition) is 2. The third-order valence-electron chi connectivity index (χ3n) is 4.65. The van der Waals surface area contributed by atoms with E-state index < -0.39 is 17.5 Å². The molecule has 1 aliphatic heterocycles. The summed E-state index contributed by atoms with van der Waals surface area (Å²) in [6.45, 7) is 4.11. The van der Waals surface area contributed by atoms with E-state index >= 15 is 0 Å². The van der Waals surface area contributed by atoms with Crippen LogP contribution in [-0.4, -0.2) is 31.2 Å². The van der Waals surface area contributed by atoms with Crippen molar-refractivity contribution >= 4 is 5.91 Å². The second-order valence-corrected chi connectivity index (χ2v) is 6.59. The van der Waals surface area contributed by atoms with E-state index in [0.717, 1.165) is 19.3 Å². The molecule has 0 radical (unpaired) electrons. The van der Waals surface area contributed by atoms with E-state index in [1.54, 1.807) is 0 Å². The predicted molar refractivity (Wildman–Crippen MR) is 70.1 cm³/mol. The SMILES string of the molecule is CC1CC(C)CC(NC(=O)C2(C(F)(F)F)CCNC2)C1. The molecule has 2 fully saturated rings. The van der Waals surface area contributed by atoms with E-state index in [9.17, 15) is 18.0 Å². The van der Waals surface area contributed by atoms with Crippen LogP contribution in [0.3, 0.4) is 0 Å². The van der Waals surface area contributed by atoms with Gasteiger partial charge in [0.15, 0.2) is 5.41 Å². The molecule has 1 heterocycles. The Morgan fingerprint density at radius 3 is 2.25 bits per heavy atom. The van der Waals surface area contributed by atoms with Crippen molar-refractivity contribution in [2.24, 2.45) is 17.3 Å². The summed E-state index contributed by atoms with van der Waals surface area (Å²) in [6, 6.07) is -0.124. The molecule has 1 aliphatic carbocycles. The monoisotopic (exact) mass is 292 g/mol. The van der Waals surface area contributed by atoms with Crippen LogP contribution in [0.4, 0.5) is 13.2 Å². The molecule has 3 unspecified atom stereocenters. The van der Waals surface area contributed by atoms with Crippen LogP contribution in [-0.2, 0) is 4.79 Å². The molecule has 1 saturated heterocycles. The molecule has 20 heavy (non-hydrogen) atoms. The Labute approximate surface area is 117 Å². The first-order valence-corrected chi connectivity index (χ1v) is 7.33. The number of amides is 1. The van der Waals surface area contributed by atoms with E-state index in [2.05, 4.69) is 24.5 Å². The van der Waals surface area contributed by atoms with Gasteiger partial charge in [-0.25, -0.2) is 0 Å². The Hall–Kier alpha value is -0.780. The summed E-state index contributed by atoms with van der Waals surface area (Å²) in [5.74, 6) is 0.0569. The number of hydrogen-bond donors (Lipinski definition) is 2. The van der Waals surface area contributed by atoms with Gasteiger partial charge in [-0.2, -0.15) is 13.2 Å². The van der Waals surface area contributed by atoms with Crippen LogP contribution in [0.1, 0.15) is 39.5 Å². The van der Waals surface area contributed by atoms with Crippen molar-refractivity contribution in [2.45, 2.75) is 51.7 Å². The van der Waals surface area contributed by atoms with Crippen molar-refractivity contribution in [3.8, 4) is 0 Å². The molecule has 3 atom stereocenters. The molecule has 3 nitrogen and oxygen atoms in total. The van der Waals surface area contributed by atoms with Gasteiger partial charge in [0.25, 0.3) is 0 Å². The fourth-order valence-electron chi connectivity index (χ4n) is 3.64. The lowest BCUT2D eigenvalue weighted by Gasteiger charge is -2.36. The van der Waals surface area contributed by atoms with Crippen molar-refractivity contribution in [1.82, 2.24) is 10.6 Å². The normalized spacial score (nSPS) is 38.8. The maximum atomic E-state index is 13.3. The fourth-order valence-corrected chi connectivity index (χ4v) is 3.64. The highest BCUT2D eigenvalue weighted by Crippen LogP contribution is 2.43. The largest absolute Gasteiger partial charge is 0.404 e. The summed E-state index contributed by atoms with van der Waals surface area (Å²) in [4.78, 5) is 12.2. The molecule has 6 heteroatoms. The van der Waals surface area contributed by atoms with Gasteiger partial charge in [-0.1, -0.05) is 13.8 Å². The second-order valence-electron chi connectivity index (χ2n) is 6.59. The number of carbonyl (C=O) groups is 1. The Kier molecular flexibility index (Phi) is 4.33. The highest BCUT2D eigenvalue weighted by molar-refractivity contribution is 5.84. The summed E-state index contributed by atoms with van der Waals surface area (Å²) in [6.07, 6.45) is -2.03. The molecular weight excluding hydrogens is 269 g/mol. The highest BCUT2D eigenvalue weighted by Gasteiger charge is 2.61. The summed E-state index contributed by atoms with van der Waals surface area (Å²) in [7, 11) is 0. The van der Waals surface area contributed by atoms with Crippen LogP contribution in [0.5, 0.6) is 0 Å². The van der Waals surface area contributed by atoms with E-state index in [0.29, 0.717) is 11.8 Å². The third kappa shape index (κ3) is 2.95. The summed E-state index contributed by atoms with van der Waals surface area (Å²) < 4.78 is 39.8. The van der Waals surface area contributed by atoms with Gasteiger partial charge in [0, 0.05) is 12.6 Å². The number of rotatable bonds is 2. The van der Waals surface area contributed by atoms with Gasteiger partial charge < -0.3 is 10.6 Å².